The van der Waals surface area contributed by atoms with Crippen molar-refractivity contribution in [2.75, 3.05) is 20.0 Å². The summed E-state index contributed by atoms with van der Waals surface area (Å²) in [5, 5.41) is 5.12. The number of aromatic nitrogens is 3. The predicted molar refractivity (Wildman–Crippen MR) is 68.1 cm³/mol. The summed E-state index contributed by atoms with van der Waals surface area (Å²) in [6, 6.07) is 0. The third kappa shape index (κ3) is 4.29. The lowest BCUT2D eigenvalue weighted by molar-refractivity contribution is -0.175. The molecular formula is C11H21N3O2S. The highest BCUT2D eigenvalue weighted by Gasteiger charge is 2.23. The van der Waals surface area contributed by atoms with E-state index in [1.165, 1.54) is 0 Å². The lowest BCUT2D eigenvalue weighted by Crippen LogP contribution is -2.32. The minimum atomic E-state index is -0.577. The molecule has 0 unspecified atom stereocenters. The number of ether oxygens (including phenoxy) is 2. The molecule has 1 heterocycles. The predicted octanol–water partition coefficient (Wildman–Crippen LogP) is 2.18. The third-order valence-corrected chi connectivity index (χ3v) is 3.87. The van der Waals surface area contributed by atoms with Gasteiger partial charge in [-0.05, 0) is 13.3 Å². The molecular weight excluding hydrogens is 238 g/mol. The van der Waals surface area contributed by atoms with Gasteiger partial charge >= 0.3 is 0 Å². The molecule has 0 atom stereocenters. The monoisotopic (exact) mass is 259 g/mol. The van der Waals surface area contributed by atoms with Crippen LogP contribution in [0.4, 0.5) is 0 Å². The first-order valence-electron chi connectivity index (χ1n) is 5.76. The first-order valence-corrected chi connectivity index (χ1v) is 6.74. The Morgan fingerprint density at radius 2 is 2.12 bits per heavy atom. The molecule has 0 aromatic carbocycles. The van der Waals surface area contributed by atoms with Crippen LogP contribution in [0.1, 0.15) is 26.7 Å². The molecule has 0 aliphatic rings. The van der Waals surface area contributed by atoms with Gasteiger partial charge in [-0.15, -0.1) is 0 Å². The van der Waals surface area contributed by atoms with Gasteiger partial charge in [0.1, 0.15) is 6.33 Å². The quantitative estimate of drug-likeness (QED) is 0.529. The molecule has 1 aromatic heterocycles. The van der Waals surface area contributed by atoms with E-state index in [-0.39, 0.29) is 0 Å². The SMILES string of the molecule is CCCCn1ncnc1SCC(C)(OC)OC. The Labute approximate surface area is 107 Å². The summed E-state index contributed by atoms with van der Waals surface area (Å²) in [5.74, 6) is 0.108. The Balaban J connectivity index is 2.53. The molecule has 0 saturated heterocycles. The van der Waals surface area contributed by atoms with Crippen molar-refractivity contribution in [1.29, 1.82) is 0 Å². The maximum Gasteiger partial charge on any atom is 0.186 e. The molecule has 1 rings (SSSR count). The highest BCUT2D eigenvalue weighted by atomic mass is 32.2. The van der Waals surface area contributed by atoms with E-state index in [2.05, 4.69) is 17.0 Å². The van der Waals surface area contributed by atoms with Crippen molar-refractivity contribution in [2.24, 2.45) is 0 Å². The first kappa shape index (κ1) is 14.5. The zero-order valence-electron chi connectivity index (χ0n) is 11.0. The van der Waals surface area contributed by atoms with E-state index in [0.717, 1.165) is 24.5 Å². The normalized spacial score (nSPS) is 12.0. The van der Waals surface area contributed by atoms with Crippen molar-refractivity contribution in [3.05, 3.63) is 6.33 Å². The molecule has 0 aliphatic carbocycles. The van der Waals surface area contributed by atoms with Crippen molar-refractivity contribution in [1.82, 2.24) is 14.8 Å². The van der Waals surface area contributed by atoms with Crippen LogP contribution in [-0.4, -0.2) is 40.5 Å². The number of hydrogen-bond donors (Lipinski definition) is 0. The zero-order valence-corrected chi connectivity index (χ0v) is 11.8. The molecule has 0 aliphatic heterocycles. The van der Waals surface area contributed by atoms with Crippen LogP contribution in [0.3, 0.4) is 0 Å². The topological polar surface area (TPSA) is 49.2 Å². The Bertz CT molecular complexity index is 326. The third-order valence-electron chi connectivity index (χ3n) is 2.63. The maximum absolute atomic E-state index is 5.31. The molecule has 0 radical (unpaired) electrons. The van der Waals surface area contributed by atoms with Crippen molar-refractivity contribution in [3.8, 4) is 0 Å². The summed E-state index contributed by atoms with van der Waals surface area (Å²) in [4.78, 5) is 4.24. The average Bonchev–Trinajstić information content (AvgIpc) is 2.81. The Hall–Kier alpha value is -0.590. The van der Waals surface area contributed by atoms with Gasteiger partial charge in [-0.3, -0.25) is 0 Å². The van der Waals surface area contributed by atoms with Crippen LogP contribution in [0.25, 0.3) is 0 Å². The van der Waals surface area contributed by atoms with Gasteiger partial charge in [0.15, 0.2) is 10.9 Å². The van der Waals surface area contributed by atoms with Gasteiger partial charge in [0.05, 0.1) is 5.75 Å². The van der Waals surface area contributed by atoms with Crippen LogP contribution >= 0.6 is 11.8 Å². The first-order chi connectivity index (χ1) is 8.15. The summed E-state index contributed by atoms with van der Waals surface area (Å²) >= 11 is 1.60. The molecule has 0 bridgehead atoms. The number of nitrogens with zero attached hydrogens (tertiary/aromatic N) is 3. The van der Waals surface area contributed by atoms with Crippen LogP contribution in [0.5, 0.6) is 0 Å². The average molecular weight is 259 g/mol. The summed E-state index contributed by atoms with van der Waals surface area (Å²) < 4.78 is 12.5. The van der Waals surface area contributed by atoms with Crippen LogP contribution in [-0.2, 0) is 16.0 Å². The van der Waals surface area contributed by atoms with Crippen molar-refractivity contribution in [3.63, 3.8) is 0 Å². The van der Waals surface area contributed by atoms with E-state index < -0.39 is 5.79 Å². The van der Waals surface area contributed by atoms with E-state index in [9.17, 15) is 0 Å². The highest BCUT2D eigenvalue weighted by molar-refractivity contribution is 7.99. The van der Waals surface area contributed by atoms with E-state index >= 15 is 0 Å². The molecule has 0 fully saturated rings. The summed E-state index contributed by atoms with van der Waals surface area (Å²) in [6.07, 6.45) is 3.86. The van der Waals surface area contributed by atoms with Gasteiger partial charge in [-0.2, -0.15) is 5.10 Å². The molecule has 0 spiro atoms. The van der Waals surface area contributed by atoms with E-state index in [1.54, 1.807) is 32.3 Å². The molecule has 0 N–H and O–H groups in total. The fraction of sp³-hybridized carbons (Fsp3) is 0.818. The van der Waals surface area contributed by atoms with Gasteiger partial charge < -0.3 is 9.47 Å². The number of methoxy groups -OCH3 is 2. The molecule has 0 saturated carbocycles. The lowest BCUT2D eigenvalue weighted by Gasteiger charge is -2.25. The standard InChI is InChI=1S/C11H21N3O2S/c1-5-6-7-14-10(12-9-13-14)17-8-11(2,15-3)16-4/h9H,5-8H2,1-4H3. The maximum atomic E-state index is 5.31. The number of aryl methyl sites for hydroxylation is 1. The Kier molecular flexibility index (Phi) is 5.94. The zero-order chi connectivity index (χ0) is 12.7. The molecule has 1 aromatic rings. The molecule has 5 nitrogen and oxygen atoms in total. The number of thioether (sulfide) groups is 1. The second-order valence-electron chi connectivity index (χ2n) is 3.95. The Morgan fingerprint density at radius 1 is 1.41 bits per heavy atom. The van der Waals surface area contributed by atoms with Crippen LogP contribution < -0.4 is 0 Å². The van der Waals surface area contributed by atoms with Gasteiger partial charge in [0.2, 0.25) is 0 Å². The second kappa shape index (κ2) is 6.98. The number of rotatable bonds is 8. The van der Waals surface area contributed by atoms with E-state index in [1.807, 2.05) is 11.6 Å². The molecule has 6 heteroatoms. The minimum absolute atomic E-state index is 0.577. The summed E-state index contributed by atoms with van der Waals surface area (Å²) in [7, 11) is 3.29. The lowest BCUT2D eigenvalue weighted by atomic mass is 10.3. The number of unbranched alkanes of at least 4 members (excludes halogenated alkanes) is 1. The van der Waals surface area contributed by atoms with Crippen molar-refractivity contribution >= 4 is 11.8 Å². The van der Waals surface area contributed by atoms with Gasteiger partial charge in [-0.1, -0.05) is 25.1 Å². The molecule has 17 heavy (non-hydrogen) atoms. The Morgan fingerprint density at radius 3 is 2.71 bits per heavy atom. The second-order valence-corrected chi connectivity index (χ2v) is 4.89. The highest BCUT2D eigenvalue weighted by Crippen LogP contribution is 2.23. The van der Waals surface area contributed by atoms with Crippen LogP contribution in [0, 0.1) is 0 Å². The fourth-order valence-corrected chi connectivity index (χ4v) is 2.26. The van der Waals surface area contributed by atoms with Crippen LogP contribution in [0.15, 0.2) is 11.5 Å². The van der Waals surface area contributed by atoms with Gasteiger partial charge in [0.25, 0.3) is 0 Å². The smallest absolute Gasteiger partial charge is 0.186 e. The van der Waals surface area contributed by atoms with E-state index in [0.29, 0.717) is 5.75 Å². The van der Waals surface area contributed by atoms with E-state index in [4.69, 9.17) is 9.47 Å². The van der Waals surface area contributed by atoms with Crippen molar-refractivity contribution < 1.29 is 9.47 Å². The minimum Gasteiger partial charge on any atom is -0.353 e. The largest absolute Gasteiger partial charge is 0.353 e. The number of hydrogen-bond acceptors (Lipinski definition) is 5. The summed E-state index contributed by atoms with van der Waals surface area (Å²) in [5.41, 5.74) is 0. The van der Waals surface area contributed by atoms with Gasteiger partial charge in [0, 0.05) is 20.8 Å². The molecule has 98 valence electrons. The fourth-order valence-electron chi connectivity index (χ4n) is 1.22. The molecule has 0 amide bonds. The summed E-state index contributed by atoms with van der Waals surface area (Å²) in [6.45, 7) is 4.99. The van der Waals surface area contributed by atoms with Gasteiger partial charge in [-0.25, -0.2) is 9.67 Å². The van der Waals surface area contributed by atoms with Crippen LogP contribution in [0.2, 0.25) is 0 Å². The van der Waals surface area contributed by atoms with Crippen molar-refractivity contribution in [2.45, 2.75) is 44.2 Å².